The second-order valence-corrected chi connectivity index (χ2v) is 5.21. The first-order valence-electron chi connectivity index (χ1n) is 7.70. The molecule has 0 radical (unpaired) electrons. The van der Waals surface area contributed by atoms with Crippen LogP contribution in [0.15, 0.2) is 18.6 Å². The average Bonchev–Trinajstić information content (AvgIpc) is 2.93. The summed E-state index contributed by atoms with van der Waals surface area (Å²) in [6.07, 6.45) is 8.67. The van der Waals surface area contributed by atoms with Crippen LogP contribution in [0.3, 0.4) is 0 Å². The van der Waals surface area contributed by atoms with Crippen LogP contribution in [0.1, 0.15) is 33.1 Å². The molecular weight excluding hydrogens is 266 g/mol. The topological polar surface area (TPSA) is 74.5 Å². The zero-order valence-corrected chi connectivity index (χ0v) is 12.8. The van der Waals surface area contributed by atoms with Crippen LogP contribution in [-0.2, 0) is 0 Å². The highest BCUT2D eigenvalue weighted by molar-refractivity contribution is 5.65. The van der Waals surface area contributed by atoms with Crippen LogP contribution < -0.4 is 10.6 Å². The molecular formula is C15H25N5O. The van der Waals surface area contributed by atoms with Gasteiger partial charge in [0.15, 0.2) is 11.5 Å². The number of fused-ring (bicyclic) bond motifs is 1. The van der Waals surface area contributed by atoms with Crippen LogP contribution in [0.5, 0.6) is 0 Å². The van der Waals surface area contributed by atoms with E-state index in [1.54, 1.807) is 6.20 Å². The van der Waals surface area contributed by atoms with Crippen LogP contribution in [0.2, 0.25) is 0 Å². The summed E-state index contributed by atoms with van der Waals surface area (Å²) in [7, 11) is 0. The van der Waals surface area contributed by atoms with Crippen molar-refractivity contribution >= 4 is 17.3 Å². The Bertz CT molecular complexity index is 548. The van der Waals surface area contributed by atoms with Crippen LogP contribution in [0, 0.1) is 5.92 Å². The van der Waals surface area contributed by atoms with E-state index in [4.69, 9.17) is 5.11 Å². The molecule has 0 aromatic carbocycles. The van der Waals surface area contributed by atoms with E-state index in [9.17, 15) is 0 Å². The monoisotopic (exact) mass is 291 g/mol. The number of hydrogen-bond acceptors (Lipinski definition) is 5. The van der Waals surface area contributed by atoms with Gasteiger partial charge in [0, 0.05) is 32.1 Å². The SMILES string of the molecule is CCCC(CCO)CNc1nc(NCC)cn2ccnc12. The highest BCUT2D eigenvalue weighted by Gasteiger charge is 2.11. The molecule has 0 aliphatic heterocycles. The lowest BCUT2D eigenvalue weighted by Gasteiger charge is -2.17. The van der Waals surface area contributed by atoms with E-state index in [1.807, 2.05) is 23.7 Å². The van der Waals surface area contributed by atoms with Gasteiger partial charge in [0.25, 0.3) is 0 Å². The minimum Gasteiger partial charge on any atom is -0.396 e. The van der Waals surface area contributed by atoms with E-state index >= 15 is 0 Å². The Morgan fingerprint density at radius 1 is 1.29 bits per heavy atom. The zero-order valence-electron chi connectivity index (χ0n) is 12.8. The predicted molar refractivity (Wildman–Crippen MR) is 85.7 cm³/mol. The number of rotatable bonds is 9. The first-order chi connectivity index (χ1) is 10.3. The summed E-state index contributed by atoms with van der Waals surface area (Å²) >= 11 is 0. The predicted octanol–water partition coefficient (Wildman–Crippen LogP) is 2.37. The third kappa shape index (κ3) is 4.07. The summed E-state index contributed by atoms with van der Waals surface area (Å²) in [5.74, 6) is 2.08. The Kier molecular flexibility index (Phi) is 5.80. The van der Waals surface area contributed by atoms with Crippen molar-refractivity contribution in [3.05, 3.63) is 18.6 Å². The van der Waals surface area contributed by atoms with E-state index in [0.29, 0.717) is 5.92 Å². The summed E-state index contributed by atoms with van der Waals surface area (Å²) in [6, 6.07) is 0. The maximum Gasteiger partial charge on any atom is 0.180 e. The molecule has 0 fully saturated rings. The van der Waals surface area contributed by atoms with Crippen LogP contribution in [-0.4, -0.2) is 39.2 Å². The van der Waals surface area contributed by atoms with Crippen LogP contribution in [0.4, 0.5) is 11.6 Å². The van der Waals surface area contributed by atoms with Gasteiger partial charge in [-0.15, -0.1) is 0 Å². The van der Waals surface area contributed by atoms with Crippen molar-refractivity contribution in [2.24, 2.45) is 5.92 Å². The lowest BCUT2D eigenvalue weighted by Crippen LogP contribution is -2.17. The molecule has 21 heavy (non-hydrogen) atoms. The van der Waals surface area contributed by atoms with Gasteiger partial charge in [-0.3, -0.25) is 0 Å². The summed E-state index contributed by atoms with van der Waals surface area (Å²) < 4.78 is 1.97. The molecule has 2 aromatic heterocycles. The Morgan fingerprint density at radius 3 is 2.86 bits per heavy atom. The van der Waals surface area contributed by atoms with Gasteiger partial charge in [-0.25, -0.2) is 9.97 Å². The number of nitrogens with zero attached hydrogens (tertiary/aromatic N) is 3. The molecule has 0 amide bonds. The molecule has 0 spiro atoms. The number of nitrogens with one attached hydrogen (secondary N) is 2. The Balaban J connectivity index is 2.13. The van der Waals surface area contributed by atoms with Crippen molar-refractivity contribution in [1.29, 1.82) is 0 Å². The number of imidazole rings is 1. The van der Waals surface area contributed by atoms with Crippen molar-refractivity contribution in [3.63, 3.8) is 0 Å². The van der Waals surface area contributed by atoms with Crippen molar-refractivity contribution in [2.45, 2.75) is 33.1 Å². The number of aromatic nitrogens is 3. The van der Waals surface area contributed by atoms with E-state index in [0.717, 1.165) is 49.6 Å². The van der Waals surface area contributed by atoms with Gasteiger partial charge in [-0.1, -0.05) is 13.3 Å². The third-order valence-corrected chi connectivity index (χ3v) is 3.52. The first kappa shape index (κ1) is 15.6. The molecule has 0 saturated carbocycles. The molecule has 2 aromatic rings. The van der Waals surface area contributed by atoms with Gasteiger partial charge in [-0.2, -0.15) is 0 Å². The summed E-state index contributed by atoms with van der Waals surface area (Å²) in [6.45, 7) is 6.08. The van der Waals surface area contributed by atoms with Gasteiger partial charge in [0.2, 0.25) is 0 Å². The standard InChI is InChI=1S/C15H25N5O/c1-3-5-12(6-9-21)10-18-14-15-17-7-8-20(15)11-13(19-14)16-4-2/h7-8,11-12,16,21H,3-6,9-10H2,1-2H3,(H,18,19). The smallest absolute Gasteiger partial charge is 0.180 e. The number of hydrogen-bond donors (Lipinski definition) is 3. The normalized spacial score (nSPS) is 12.5. The fourth-order valence-corrected chi connectivity index (χ4v) is 2.50. The fourth-order valence-electron chi connectivity index (χ4n) is 2.50. The Hall–Kier alpha value is -1.82. The third-order valence-electron chi connectivity index (χ3n) is 3.52. The second kappa shape index (κ2) is 7.83. The van der Waals surface area contributed by atoms with Gasteiger partial charge in [-0.05, 0) is 25.7 Å². The van der Waals surface area contributed by atoms with Gasteiger partial charge < -0.3 is 20.1 Å². The molecule has 6 heteroatoms. The summed E-state index contributed by atoms with van der Waals surface area (Å²) in [5, 5.41) is 15.8. The fraction of sp³-hybridized carbons (Fsp3) is 0.600. The number of anilines is 2. The zero-order chi connectivity index (χ0) is 15.1. The molecule has 2 rings (SSSR count). The molecule has 6 nitrogen and oxygen atoms in total. The van der Waals surface area contributed by atoms with Crippen LogP contribution in [0.25, 0.3) is 5.65 Å². The van der Waals surface area contributed by atoms with E-state index in [-0.39, 0.29) is 6.61 Å². The average molecular weight is 291 g/mol. The Labute approximate surface area is 125 Å². The molecule has 116 valence electrons. The molecule has 0 aliphatic carbocycles. The summed E-state index contributed by atoms with van der Waals surface area (Å²) in [5.41, 5.74) is 0.830. The quantitative estimate of drug-likeness (QED) is 0.661. The van der Waals surface area contributed by atoms with Crippen molar-refractivity contribution in [1.82, 2.24) is 14.4 Å². The molecule has 3 N–H and O–H groups in total. The number of aliphatic hydroxyl groups excluding tert-OH is 1. The molecule has 1 unspecified atom stereocenters. The van der Waals surface area contributed by atoms with Crippen molar-refractivity contribution in [3.8, 4) is 0 Å². The van der Waals surface area contributed by atoms with Gasteiger partial charge >= 0.3 is 0 Å². The molecule has 0 saturated heterocycles. The lowest BCUT2D eigenvalue weighted by molar-refractivity contribution is 0.255. The van der Waals surface area contributed by atoms with Crippen molar-refractivity contribution < 1.29 is 5.11 Å². The maximum absolute atomic E-state index is 9.14. The highest BCUT2D eigenvalue weighted by Crippen LogP contribution is 2.18. The van der Waals surface area contributed by atoms with E-state index in [1.165, 1.54) is 0 Å². The molecule has 0 bridgehead atoms. The maximum atomic E-state index is 9.14. The molecule has 1 atom stereocenters. The van der Waals surface area contributed by atoms with Gasteiger partial charge in [0.05, 0.1) is 6.20 Å². The first-order valence-corrected chi connectivity index (χ1v) is 7.70. The highest BCUT2D eigenvalue weighted by atomic mass is 16.3. The largest absolute Gasteiger partial charge is 0.396 e. The second-order valence-electron chi connectivity index (χ2n) is 5.21. The summed E-state index contributed by atoms with van der Waals surface area (Å²) in [4.78, 5) is 8.94. The lowest BCUT2D eigenvalue weighted by atomic mass is 10.0. The minimum absolute atomic E-state index is 0.232. The van der Waals surface area contributed by atoms with E-state index in [2.05, 4.69) is 27.5 Å². The van der Waals surface area contributed by atoms with E-state index < -0.39 is 0 Å². The number of aliphatic hydroxyl groups is 1. The Morgan fingerprint density at radius 2 is 2.14 bits per heavy atom. The van der Waals surface area contributed by atoms with Gasteiger partial charge in [0.1, 0.15) is 5.82 Å². The molecule has 0 aliphatic rings. The van der Waals surface area contributed by atoms with Crippen LogP contribution >= 0.6 is 0 Å². The molecule has 2 heterocycles. The minimum atomic E-state index is 0.232. The van der Waals surface area contributed by atoms with Crippen molar-refractivity contribution in [2.75, 3.05) is 30.3 Å².